The molecule has 11 heteroatoms. The standard InChI is InChI=1S/C18H23N3O6S2/c1-12(2)21-29(25,26)17-10-14(6-9-16(17)27-3)18(22)20-11-13-4-7-15(8-5-13)28(19,23)24/h4-10,12,21H,11H2,1-3H3,(H,20,22)(H2,19,23,24). The van der Waals surface area contributed by atoms with Gasteiger partial charge in [-0.2, -0.15) is 0 Å². The third kappa shape index (κ3) is 6.00. The second kappa shape index (κ2) is 8.91. The number of carbonyl (C=O) groups excluding carboxylic acids is 1. The van der Waals surface area contributed by atoms with E-state index in [-0.39, 0.29) is 33.7 Å². The summed E-state index contributed by atoms with van der Waals surface area (Å²) >= 11 is 0. The molecule has 0 aliphatic carbocycles. The lowest BCUT2D eigenvalue weighted by Gasteiger charge is -2.14. The first-order chi connectivity index (χ1) is 13.4. The minimum absolute atomic E-state index is 0.0322. The van der Waals surface area contributed by atoms with Crippen molar-refractivity contribution in [2.45, 2.75) is 36.2 Å². The van der Waals surface area contributed by atoms with Crippen molar-refractivity contribution in [3.05, 3.63) is 53.6 Å². The molecule has 2 rings (SSSR count). The molecule has 0 saturated heterocycles. The predicted octanol–water partition coefficient (Wildman–Crippen LogP) is 0.959. The van der Waals surface area contributed by atoms with E-state index in [0.29, 0.717) is 5.56 Å². The van der Waals surface area contributed by atoms with Crippen molar-refractivity contribution in [2.75, 3.05) is 7.11 Å². The molecule has 0 atom stereocenters. The van der Waals surface area contributed by atoms with Crippen molar-refractivity contribution < 1.29 is 26.4 Å². The van der Waals surface area contributed by atoms with Gasteiger partial charge < -0.3 is 10.1 Å². The van der Waals surface area contributed by atoms with Crippen molar-refractivity contribution in [1.82, 2.24) is 10.0 Å². The van der Waals surface area contributed by atoms with Crippen LogP contribution in [0.25, 0.3) is 0 Å². The van der Waals surface area contributed by atoms with Crippen LogP contribution in [-0.4, -0.2) is 35.9 Å². The third-order valence-corrected chi connectivity index (χ3v) is 6.42. The number of hydrogen-bond acceptors (Lipinski definition) is 6. The number of primary sulfonamides is 1. The number of nitrogens with one attached hydrogen (secondary N) is 2. The highest BCUT2D eigenvalue weighted by Crippen LogP contribution is 2.25. The maximum atomic E-state index is 12.5. The van der Waals surface area contributed by atoms with Crippen molar-refractivity contribution in [3.63, 3.8) is 0 Å². The van der Waals surface area contributed by atoms with Gasteiger partial charge in [0, 0.05) is 18.2 Å². The first kappa shape index (κ1) is 22.8. The van der Waals surface area contributed by atoms with Crippen LogP contribution in [0.1, 0.15) is 29.8 Å². The molecular formula is C18H23N3O6S2. The van der Waals surface area contributed by atoms with Crippen LogP contribution >= 0.6 is 0 Å². The van der Waals surface area contributed by atoms with Gasteiger partial charge in [-0.05, 0) is 49.7 Å². The van der Waals surface area contributed by atoms with Gasteiger partial charge in [-0.25, -0.2) is 26.7 Å². The Morgan fingerprint density at radius 2 is 1.69 bits per heavy atom. The Labute approximate surface area is 170 Å². The van der Waals surface area contributed by atoms with E-state index in [2.05, 4.69) is 10.0 Å². The number of rotatable bonds is 8. The molecule has 0 radical (unpaired) electrons. The largest absolute Gasteiger partial charge is 0.495 e. The summed E-state index contributed by atoms with van der Waals surface area (Å²) in [6.45, 7) is 3.48. The Kier molecular flexibility index (Phi) is 7.01. The fourth-order valence-electron chi connectivity index (χ4n) is 2.48. The molecule has 2 aromatic rings. The van der Waals surface area contributed by atoms with Gasteiger partial charge in [-0.1, -0.05) is 12.1 Å². The summed E-state index contributed by atoms with van der Waals surface area (Å²) in [6, 6.07) is 9.49. The summed E-state index contributed by atoms with van der Waals surface area (Å²) < 4.78 is 55.1. The number of ether oxygens (including phenoxy) is 1. The molecular weight excluding hydrogens is 418 g/mol. The summed E-state index contributed by atoms with van der Waals surface area (Å²) in [6.07, 6.45) is 0. The Hall–Kier alpha value is -2.47. The molecule has 0 spiro atoms. The fourth-order valence-corrected chi connectivity index (χ4v) is 4.44. The van der Waals surface area contributed by atoms with Crippen LogP contribution in [0.4, 0.5) is 0 Å². The van der Waals surface area contributed by atoms with Crippen LogP contribution < -0.4 is 19.9 Å². The first-order valence-corrected chi connectivity index (χ1v) is 11.6. The molecule has 0 aromatic heterocycles. The minimum Gasteiger partial charge on any atom is -0.495 e. The maximum absolute atomic E-state index is 12.5. The van der Waals surface area contributed by atoms with E-state index in [1.807, 2.05) is 0 Å². The average Bonchev–Trinajstić information content (AvgIpc) is 2.64. The van der Waals surface area contributed by atoms with E-state index in [4.69, 9.17) is 9.88 Å². The lowest BCUT2D eigenvalue weighted by Crippen LogP contribution is -2.31. The number of carbonyl (C=O) groups is 1. The summed E-state index contributed by atoms with van der Waals surface area (Å²) in [5.41, 5.74) is 0.782. The minimum atomic E-state index is -3.87. The molecule has 4 N–H and O–H groups in total. The van der Waals surface area contributed by atoms with Crippen molar-refractivity contribution in [3.8, 4) is 5.75 Å². The van der Waals surface area contributed by atoms with Gasteiger partial charge in [-0.3, -0.25) is 4.79 Å². The fraction of sp³-hybridized carbons (Fsp3) is 0.278. The molecule has 9 nitrogen and oxygen atoms in total. The summed E-state index contributed by atoms with van der Waals surface area (Å²) in [4.78, 5) is 12.3. The number of sulfonamides is 2. The van der Waals surface area contributed by atoms with E-state index in [1.54, 1.807) is 13.8 Å². The third-order valence-electron chi connectivity index (χ3n) is 3.81. The smallest absolute Gasteiger partial charge is 0.251 e. The first-order valence-electron chi connectivity index (χ1n) is 8.54. The highest BCUT2D eigenvalue weighted by Gasteiger charge is 2.22. The summed E-state index contributed by atoms with van der Waals surface area (Å²) in [5.74, 6) is -0.377. The molecule has 0 aliphatic heterocycles. The van der Waals surface area contributed by atoms with E-state index >= 15 is 0 Å². The quantitative estimate of drug-likeness (QED) is 0.556. The number of hydrogen-bond donors (Lipinski definition) is 3. The van der Waals surface area contributed by atoms with Crippen LogP contribution in [0.5, 0.6) is 5.75 Å². The van der Waals surface area contributed by atoms with Gasteiger partial charge >= 0.3 is 0 Å². The molecule has 0 fully saturated rings. The topological polar surface area (TPSA) is 145 Å². The van der Waals surface area contributed by atoms with Crippen molar-refractivity contribution >= 4 is 26.0 Å². The van der Waals surface area contributed by atoms with Gasteiger partial charge in [0.25, 0.3) is 5.91 Å². The molecule has 0 aliphatic rings. The lowest BCUT2D eigenvalue weighted by molar-refractivity contribution is 0.0950. The van der Waals surface area contributed by atoms with Gasteiger partial charge in [0.2, 0.25) is 20.0 Å². The van der Waals surface area contributed by atoms with Crippen LogP contribution in [0.3, 0.4) is 0 Å². The molecule has 0 bridgehead atoms. The van der Waals surface area contributed by atoms with E-state index in [0.717, 1.165) is 0 Å². The molecule has 0 saturated carbocycles. The zero-order chi connectivity index (χ0) is 21.8. The zero-order valence-electron chi connectivity index (χ0n) is 16.2. The zero-order valence-corrected chi connectivity index (χ0v) is 17.8. The monoisotopic (exact) mass is 441 g/mol. The SMILES string of the molecule is COc1ccc(C(=O)NCc2ccc(S(N)(=O)=O)cc2)cc1S(=O)(=O)NC(C)C. The number of amides is 1. The van der Waals surface area contributed by atoms with Crippen LogP contribution in [0, 0.1) is 0 Å². The Morgan fingerprint density at radius 1 is 1.07 bits per heavy atom. The molecule has 29 heavy (non-hydrogen) atoms. The predicted molar refractivity (Wildman–Crippen MR) is 107 cm³/mol. The van der Waals surface area contributed by atoms with E-state index in [1.165, 1.54) is 49.6 Å². The van der Waals surface area contributed by atoms with Crippen LogP contribution in [-0.2, 0) is 26.6 Å². The molecule has 1 amide bonds. The highest BCUT2D eigenvalue weighted by molar-refractivity contribution is 7.89. The second-order valence-corrected chi connectivity index (χ2v) is 9.76. The Balaban J connectivity index is 2.20. The van der Waals surface area contributed by atoms with Gasteiger partial charge in [0.05, 0.1) is 12.0 Å². The Bertz CT molecular complexity index is 1090. The molecule has 0 unspecified atom stereocenters. The summed E-state index contributed by atoms with van der Waals surface area (Å²) in [7, 11) is -6.32. The van der Waals surface area contributed by atoms with Crippen molar-refractivity contribution in [1.29, 1.82) is 0 Å². The molecule has 2 aromatic carbocycles. The average molecular weight is 442 g/mol. The lowest BCUT2D eigenvalue weighted by atomic mass is 10.2. The normalized spacial score (nSPS) is 12.0. The van der Waals surface area contributed by atoms with Crippen LogP contribution in [0.15, 0.2) is 52.3 Å². The maximum Gasteiger partial charge on any atom is 0.251 e. The number of nitrogens with two attached hydrogens (primary N) is 1. The Morgan fingerprint density at radius 3 is 2.21 bits per heavy atom. The van der Waals surface area contributed by atoms with Crippen molar-refractivity contribution in [2.24, 2.45) is 5.14 Å². The number of benzene rings is 2. The van der Waals surface area contributed by atoms with Gasteiger partial charge in [0.1, 0.15) is 10.6 Å². The van der Waals surface area contributed by atoms with E-state index in [9.17, 15) is 21.6 Å². The number of methoxy groups -OCH3 is 1. The summed E-state index contributed by atoms with van der Waals surface area (Å²) in [5, 5.41) is 7.70. The van der Waals surface area contributed by atoms with E-state index < -0.39 is 26.0 Å². The second-order valence-electron chi connectivity index (χ2n) is 6.51. The van der Waals surface area contributed by atoms with Gasteiger partial charge in [0.15, 0.2) is 0 Å². The van der Waals surface area contributed by atoms with Crippen LogP contribution in [0.2, 0.25) is 0 Å². The molecule has 0 heterocycles. The highest BCUT2D eigenvalue weighted by atomic mass is 32.2. The molecule has 158 valence electrons. The van der Waals surface area contributed by atoms with Gasteiger partial charge in [-0.15, -0.1) is 0 Å².